The van der Waals surface area contributed by atoms with Gasteiger partial charge >= 0.3 is 6.03 Å². The van der Waals surface area contributed by atoms with E-state index in [2.05, 4.69) is 17.4 Å². The number of rotatable bonds is 3. The molecule has 0 bridgehead atoms. The van der Waals surface area contributed by atoms with Crippen LogP contribution in [-0.4, -0.2) is 17.2 Å². The van der Waals surface area contributed by atoms with E-state index in [1.54, 1.807) is 6.92 Å². The third-order valence-electron chi connectivity index (χ3n) is 2.51. The lowest BCUT2D eigenvalue weighted by Gasteiger charge is -2.15. The Labute approximate surface area is 111 Å². The van der Waals surface area contributed by atoms with Crippen molar-refractivity contribution in [1.82, 2.24) is 5.32 Å². The molecule has 1 aromatic carbocycles. The van der Waals surface area contributed by atoms with E-state index in [1.165, 1.54) is 17.3 Å². The van der Waals surface area contributed by atoms with Crippen LogP contribution in [0, 0.1) is 20.8 Å². The first-order chi connectivity index (χ1) is 8.31. The second-order valence-electron chi connectivity index (χ2n) is 4.34. The van der Waals surface area contributed by atoms with Crippen molar-refractivity contribution in [2.75, 3.05) is 0 Å². The molecular formula is C13H18N2O2S. The van der Waals surface area contributed by atoms with E-state index in [1.807, 2.05) is 20.8 Å². The first-order valence-corrected chi connectivity index (χ1v) is 6.54. The molecule has 0 unspecified atom stereocenters. The number of urea groups is 1. The lowest BCUT2D eigenvalue weighted by Crippen LogP contribution is -2.39. The van der Waals surface area contributed by atoms with Crippen LogP contribution in [0.5, 0.6) is 0 Å². The summed E-state index contributed by atoms with van der Waals surface area (Å²) < 4.78 is 0. The zero-order valence-corrected chi connectivity index (χ0v) is 11.9. The van der Waals surface area contributed by atoms with Gasteiger partial charge in [-0.05, 0) is 38.8 Å². The maximum absolute atomic E-state index is 11.6. The van der Waals surface area contributed by atoms with E-state index in [-0.39, 0.29) is 11.2 Å². The molecule has 0 aliphatic rings. The van der Waals surface area contributed by atoms with E-state index >= 15 is 0 Å². The molecule has 1 atom stereocenters. The quantitative estimate of drug-likeness (QED) is 0.824. The Kier molecular flexibility index (Phi) is 4.78. The summed E-state index contributed by atoms with van der Waals surface area (Å²) >= 11 is 1.44. The van der Waals surface area contributed by atoms with Crippen molar-refractivity contribution in [3.8, 4) is 0 Å². The van der Waals surface area contributed by atoms with Crippen LogP contribution in [0.15, 0.2) is 17.0 Å². The molecule has 98 valence electrons. The normalized spacial score (nSPS) is 12.0. The molecule has 0 radical (unpaired) electrons. The van der Waals surface area contributed by atoms with Gasteiger partial charge in [-0.25, -0.2) is 4.79 Å². The number of carbonyl (C=O) groups is 2. The molecule has 0 saturated carbocycles. The van der Waals surface area contributed by atoms with Crippen LogP contribution in [0.4, 0.5) is 4.79 Å². The Morgan fingerprint density at radius 1 is 1.22 bits per heavy atom. The van der Waals surface area contributed by atoms with Gasteiger partial charge in [0.15, 0.2) is 0 Å². The third kappa shape index (κ3) is 3.77. The van der Waals surface area contributed by atoms with E-state index in [0.29, 0.717) is 0 Å². The maximum Gasteiger partial charge on any atom is 0.318 e. The predicted octanol–water partition coefficient (Wildman–Crippen LogP) is 2.29. The van der Waals surface area contributed by atoms with E-state index in [0.717, 1.165) is 16.0 Å². The third-order valence-corrected chi connectivity index (χ3v) is 3.96. The zero-order chi connectivity index (χ0) is 13.9. The van der Waals surface area contributed by atoms with Crippen LogP contribution in [-0.2, 0) is 4.79 Å². The second kappa shape index (κ2) is 5.91. The van der Waals surface area contributed by atoms with Gasteiger partial charge in [-0.15, -0.1) is 11.8 Å². The lowest BCUT2D eigenvalue weighted by molar-refractivity contribution is -0.119. The average molecular weight is 266 g/mol. The van der Waals surface area contributed by atoms with E-state index < -0.39 is 6.03 Å². The van der Waals surface area contributed by atoms with Crippen LogP contribution in [0.3, 0.4) is 0 Å². The van der Waals surface area contributed by atoms with E-state index in [4.69, 9.17) is 5.73 Å². The summed E-state index contributed by atoms with van der Waals surface area (Å²) in [7, 11) is 0. The van der Waals surface area contributed by atoms with Crippen LogP contribution in [0.25, 0.3) is 0 Å². The Morgan fingerprint density at radius 2 is 1.72 bits per heavy atom. The average Bonchev–Trinajstić information content (AvgIpc) is 2.21. The number of nitrogens with two attached hydrogens (primary N) is 1. The first kappa shape index (κ1) is 14.6. The standard InChI is InChI=1S/C13H18N2O2S/c1-7-5-8(2)11(9(3)6-7)18-10(4)12(16)15-13(14)17/h5-6,10H,1-4H3,(H3,14,15,16,17)/t10-/m0/s1. The van der Waals surface area contributed by atoms with Gasteiger partial charge in [0.2, 0.25) is 5.91 Å². The Hall–Kier alpha value is -1.49. The summed E-state index contributed by atoms with van der Waals surface area (Å²) in [5.41, 5.74) is 8.39. The molecular weight excluding hydrogens is 248 g/mol. The zero-order valence-electron chi connectivity index (χ0n) is 11.0. The highest BCUT2D eigenvalue weighted by Gasteiger charge is 2.17. The van der Waals surface area contributed by atoms with Crippen molar-refractivity contribution in [3.05, 3.63) is 28.8 Å². The molecule has 1 aromatic rings. The summed E-state index contributed by atoms with van der Waals surface area (Å²) in [4.78, 5) is 23.3. The number of aryl methyl sites for hydroxylation is 3. The Balaban J connectivity index is 2.85. The van der Waals surface area contributed by atoms with Gasteiger partial charge in [0.1, 0.15) is 0 Å². The monoisotopic (exact) mass is 266 g/mol. The van der Waals surface area contributed by atoms with Crippen molar-refractivity contribution >= 4 is 23.7 Å². The highest BCUT2D eigenvalue weighted by molar-refractivity contribution is 8.00. The molecule has 0 fully saturated rings. The molecule has 0 spiro atoms. The van der Waals surface area contributed by atoms with Crippen molar-refractivity contribution in [1.29, 1.82) is 0 Å². The van der Waals surface area contributed by atoms with Gasteiger partial charge in [0.05, 0.1) is 5.25 Å². The van der Waals surface area contributed by atoms with Gasteiger partial charge in [-0.3, -0.25) is 10.1 Å². The van der Waals surface area contributed by atoms with Gasteiger partial charge in [-0.2, -0.15) is 0 Å². The molecule has 18 heavy (non-hydrogen) atoms. The number of nitrogens with one attached hydrogen (secondary N) is 1. The topological polar surface area (TPSA) is 72.2 Å². The molecule has 3 N–H and O–H groups in total. The molecule has 0 heterocycles. The number of benzene rings is 1. The van der Waals surface area contributed by atoms with Crippen LogP contribution in [0.1, 0.15) is 23.6 Å². The fourth-order valence-corrected chi connectivity index (χ4v) is 2.82. The maximum atomic E-state index is 11.6. The molecule has 0 aliphatic carbocycles. The number of hydrogen-bond donors (Lipinski definition) is 2. The molecule has 4 nitrogen and oxygen atoms in total. The summed E-state index contributed by atoms with van der Waals surface area (Å²) in [6, 6.07) is 3.34. The number of hydrogen-bond acceptors (Lipinski definition) is 3. The number of imide groups is 1. The van der Waals surface area contributed by atoms with Gasteiger partial charge in [0, 0.05) is 4.90 Å². The first-order valence-electron chi connectivity index (χ1n) is 5.66. The van der Waals surface area contributed by atoms with Crippen LogP contribution >= 0.6 is 11.8 Å². The van der Waals surface area contributed by atoms with Crippen LogP contribution in [0.2, 0.25) is 0 Å². The van der Waals surface area contributed by atoms with Crippen molar-refractivity contribution in [3.63, 3.8) is 0 Å². The van der Waals surface area contributed by atoms with Gasteiger partial charge in [0.25, 0.3) is 0 Å². The largest absolute Gasteiger partial charge is 0.351 e. The number of amides is 3. The van der Waals surface area contributed by atoms with Gasteiger partial charge < -0.3 is 5.73 Å². The molecule has 5 heteroatoms. The minimum Gasteiger partial charge on any atom is -0.351 e. The minimum absolute atomic E-state index is 0.363. The van der Waals surface area contributed by atoms with Crippen LogP contribution < -0.4 is 11.1 Å². The molecule has 0 aromatic heterocycles. The smallest absolute Gasteiger partial charge is 0.318 e. The fraction of sp³-hybridized carbons (Fsp3) is 0.385. The summed E-state index contributed by atoms with van der Waals surface area (Å²) in [5, 5.41) is 1.73. The number of thioether (sulfide) groups is 1. The van der Waals surface area contributed by atoms with Crippen molar-refractivity contribution in [2.24, 2.45) is 5.73 Å². The summed E-state index contributed by atoms with van der Waals surface area (Å²) in [5.74, 6) is -0.369. The minimum atomic E-state index is -0.815. The van der Waals surface area contributed by atoms with Crippen molar-refractivity contribution < 1.29 is 9.59 Å². The predicted molar refractivity (Wildman–Crippen MR) is 73.7 cm³/mol. The second-order valence-corrected chi connectivity index (χ2v) is 5.69. The van der Waals surface area contributed by atoms with Crippen molar-refractivity contribution in [2.45, 2.75) is 37.8 Å². The highest BCUT2D eigenvalue weighted by atomic mass is 32.2. The van der Waals surface area contributed by atoms with E-state index in [9.17, 15) is 9.59 Å². The lowest BCUT2D eigenvalue weighted by atomic mass is 10.1. The van der Waals surface area contributed by atoms with Gasteiger partial charge in [-0.1, -0.05) is 17.7 Å². The molecule has 0 saturated heterocycles. The molecule has 0 aliphatic heterocycles. The number of primary amides is 1. The Bertz CT molecular complexity index is 463. The molecule has 1 rings (SSSR count). The summed E-state index contributed by atoms with van der Waals surface area (Å²) in [6.45, 7) is 7.82. The molecule has 3 amide bonds. The SMILES string of the molecule is Cc1cc(C)c(S[C@@H](C)C(=O)NC(N)=O)c(C)c1. The highest BCUT2D eigenvalue weighted by Crippen LogP contribution is 2.30. The summed E-state index contributed by atoms with van der Waals surface area (Å²) in [6.07, 6.45) is 0. The Morgan fingerprint density at radius 3 is 2.17 bits per heavy atom. The number of carbonyl (C=O) groups excluding carboxylic acids is 2. The fourth-order valence-electron chi connectivity index (χ4n) is 1.81.